The normalized spacial score (nSPS) is 14.7. The van der Waals surface area contributed by atoms with Crippen molar-refractivity contribution in [1.29, 1.82) is 0 Å². The third-order valence-electron chi connectivity index (χ3n) is 8.78. The van der Waals surface area contributed by atoms with E-state index in [1.165, 1.54) is 0 Å². The molecule has 0 saturated heterocycles. The highest BCUT2D eigenvalue weighted by molar-refractivity contribution is 7.98. The second-order valence-electron chi connectivity index (χ2n) is 12.0. The number of nitrogens with one attached hydrogen (secondary N) is 1. The zero-order chi connectivity index (χ0) is 32.1. The van der Waals surface area contributed by atoms with E-state index in [0.29, 0.717) is 37.6 Å². The van der Waals surface area contributed by atoms with Crippen molar-refractivity contribution in [3.63, 3.8) is 0 Å². The molecule has 1 aliphatic rings. The molecular weight excluding hydrogens is 620 g/mol. The summed E-state index contributed by atoms with van der Waals surface area (Å²) >= 11 is 8.71. The summed E-state index contributed by atoms with van der Waals surface area (Å²) in [6, 6.07) is 18.5. The van der Waals surface area contributed by atoms with E-state index in [0.717, 1.165) is 77.5 Å². The van der Waals surface area contributed by atoms with Crippen LogP contribution in [0.2, 0.25) is 5.02 Å². The van der Waals surface area contributed by atoms with Gasteiger partial charge in [0.25, 0.3) is 0 Å². The second kappa shape index (κ2) is 12.2. The lowest BCUT2D eigenvalue weighted by atomic mass is 9.98. The smallest absolute Gasteiger partial charge is 0.352 e. The van der Waals surface area contributed by atoms with Crippen molar-refractivity contribution in [3.8, 4) is 16.9 Å². The number of fused-ring (bicyclic) bond motifs is 8. The third kappa shape index (κ3) is 5.44. The second-order valence-corrected chi connectivity index (χ2v) is 13.4. The maximum atomic E-state index is 12.7. The van der Waals surface area contributed by atoms with Crippen molar-refractivity contribution < 1.29 is 14.6 Å². The minimum atomic E-state index is -0.972. The third-order valence-corrected chi connectivity index (χ3v) is 10.1. The molecule has 0 unspecified atom stereocenters. The van der Waals surface area contributed by atoms with Gasteiger partial charge in [0.05, 0.1) is 28.5 Å². The molecule has 236 valence electrons. The first kappa shape index (κ1) is 30.4. The molecule has 0 aliphatic carbocycles. The molecule has 0 spiro atoms. The number of hydrogen-bond acceptors (Lipinski definition) is 6. The molecule has 8 bridgehead atoms. The highest BCUT2D eigenvalue weighted by Crippen LogP contribution is 2.42. The van der Waals surface area contributed by atoms with E-state index in [9.17, 15) is 9.90 Å². The Morgan fingerprint density at radius 3 is 2.70 bits per heavy atom. The maximum Gasteiger partial charge on any atom is 0.352 e. The van der Waals surface area contributed by atoms with Crippen LogP contribution in [0.5, 0.6) is 5.75 Å². The Kier molecular flexibility index (Phi) is 8.04. The number of carboxylic acids is 1. The van der Waals surface area contributed by atoms with Gasteiger partial charge in [-0.3, -0.25) is 14.7 Å². The van der Waals surface area contributed by atoms with E-state index in [1.54, 1.807) is 23.4 Å². The van der Waals surface area contributed by atoms with Gasteiger partial charge in [-0.2, -0.15) is 10.2 Å². The number of thioether (sulfide) groups is 1. The SMILES string of the molecule is Cc1[nH]nc2c1-c1c(Cl)ccc3c(c(C(=O)O)n(C)c13)CCCOc1cc(cc3ccccc13)SCc1cc(nn1C)CN(C)C2. The maximum absolute atomic E-state index is 12.7. The molecule has 3 aromatic carbocycles. The van der Waals surface area contributed by atoms with Crippen molar-refractivity contribution in [1.82, 2.24) is 29.4 Å². The van der Waals surface area contributed by atoms with Crippen LogP contribution in [0.15, 0.2) is 59.5 Å². The number of aromatic nitrogens is 5. The van der Waals surface area contributed by atoms with Crippen molar-refractivity contribution in [3.05, 3.63) is 93.7 Å². The summed E-state index contributed by atoms with van der Waals surface area (Å²) in [5, 5.41) is 26.7. The Labute approximate surface area is 276 Å². The minimum Gasteiger partial charge on any atom is -0.493 e. The van der Waals surface area contributed by atoms with Gasteiger partial charge in [0.2, 0.25) is 0 Å². The average molecular weight is 655 g/mol. The number of carboxylic acid groups (broad SMARTS) is 1. The summed E-state index contributed by atoms with van der Waals surface area (Å²) in [5.74, 6) is 0.622. The number of H-pyrrole nitrogens is 1. The summed E-state index contributed by atoms with van der Waals surface area (Å²) in [6.07, 6.45) is 1.18. The molecule has 0 atom stereocenters. The molecule has 0 saturated carbocycles. The van der Waals surface area contributed by atoms with Crippen molar-refractivity contribution in [2.24, 2.45) is 14.1 Å². The fourth-order valence-corrected chi connectivity index (χ4v) is 7.93. The van der Waals surface area contributed by atoms with Crippen LogP contribution >= 0.6 is 23.4 Å². The number of carbonyl (C=O) groups is 1. The predicted octanol–water partition coefficient (Wildman–Crippen LogP) is 7.36. The van der Waals surface area contributed by atoms with Gasteiger partial charge in [0.15, 0.2) is 0 Å². The first-order valence-electron chi connectivity index (χ1n) is 15.3. The summed E-state index contributed by atoms with van der Waals surface area (Å²) in [6.45, 7) is 3.60. The lowest BCUT2D eigenvalue weighted by Crippen LogP contribution is -2.18. The van der Waals surface area contributed by atoms with E-state index in [2.05, 4.69) is 45.4 Å². The van der Waals surface area contributed by atoms with Gasteiger partial charge in [0.1, 0.15) is 11.4 Å². The number of hydrogen-bond donors (Lipinski definition) is 2. The van der Waals surface area contributed by atoms with Gasteiger partial charge < -0.3 is 14.4 Å². The van der Waals surface area contributed by atoms with Crippen LogP contribution in [0.3, 0.4) is 0 Å². The zero-order valence-electron chi connectivity index (χ0n) is 26.2. The predicted molar refractivity (Wildman–Crippen MR) is 183 cm³/mol. The van der Waals surface area contributed by atoms with E-state index in [1.807, 2.05) is 50.0 Å². The average Bonchev–Trinajstić information content (AvgIpc) is 3.65. The Hall–Kier alpha value is -4.25. The molecule has 11 heteroatoms. The minimum absolute atomic E-state index is 0.260. The Morgan fingerprint density at radius 2 is 1.87 bits per heavy atom. The van der Waals surface area contributed by atoms with E-state index in [-0.39, 0.29) is 5.69 Å². The molecule has 46 heavy (non-hydrogen) atoms. The molecule has 0 amide bonds. The van der Waals surface area contributed by atoms with Gasteiger partial charge in [-0.05, 0) is 62.0 Å². The summed E-state index contributed by atoms with van der Waals surface area (Å²) in [7, 11) is 5.84. The zero-order valence-corrected chi connectivity index (χ0v) is 27.8. The van der Waals surface area contributed by atoms with E-state index in [4.69, 9.17) is 21.4 Å². The van der Waals surface area contributed by atoms with Gasteiger partial charge in [-0.25, -0.2) is 4.79 Å². The van der Waals surface area contributed by atoms with Crippen LogP contribution in [0.25, 0.3) is 32.8 Å². The van der Waals surface area contributed by atoms with Crippen LogP contribution in [-0.4, -0.2) is 54.2 Å². The lowest BCUT2D eigenvalue weighted by Gasteiger charge is -2.16. The summed E-state index contributed by atoms with van der Waals surface area (Å²) < 4.78 is 10.2. The molecule has 6 aromatic rings. The number of halogens is 1. The fourth-order valence-electron chi connectivity index (χ4n) is 6.70. The number of nitrogens with zero attached hydrogens (tertiary/aromatic N) is 5. The van der Waals surface area contributed by atoms with Crippen LogP contribution in [0, 0.1) is 6.92 Å². The molecule has 1 aliphatic heterocycles. The fraction of sp³-hybridized carbons (Fsp3) is 0.286. The van der Waals surface area contributed by atoms with Crippen molar-refractivity contribution in [2.45, 2.75) is 43.5 Å². The standard InChI is InChI=1S/C35H35ClN6O3S/c1-20-31-29(38-37-20)18-40(2)17-22-15-23(42(4)39-22)19-46-24-14-21-8-5-6-9-25(21)30(16-24)45-13-7-10-26-27-11-12-28(36)32(31)33(27)41(3)34(26)35(43)44/h5-6,8-9,11-12,14-16H,7,10,13,17-19H2,1-4H3,(H,37,38)(H,43,44). The topological polar surface area (TPSA) is 101 Å². The first-order chi connectivity index (χ1) is 22.2. The highest BCUT2D eigenvalue weighted by atomic mass is 35.5. The largest absolute Gasteiger partial charge is 0.493 e. The number of rotatable bonds is 1. The van der Waals surface area contributed by atoms with Crippen LogP contribution < -0.4 is 4.74 Å². The van der Waals surface area contributed by atoms with Gasteiger partial charge >= 0.3 is 5.97 Å². The van der Waals surface area contributed by atoms with Gasteiger partial charge in [0, 0.05) is 71.1 Å². The molecule has 0 fully saturated rings. The number of aromatic amines is 1. The Balaban J connectivity index is 1.36. The lowest BCUT2D eigenvalue weighted by molar-refractivity contribution is 0.0685. The molecule has 0 radical (unpaired) electrons. The first-order valence-corrected chi connectivity index (χ1v) is 16.6. The molecule has 4 heterocycles. The van der Waals surface area contributed by atoms with E-state index < -0.39 is 5.97 Å². The molecular formula is C35H35ClN6O3S. The quantitative estimate of drug-likeness (QED) is 0.191. The monoisotopic (exact) mass is 654 g/mol. The molecule has 7 rings (SSSR count). The van der Waals surface area contributed by atoms with Gasteiger partial charge in [-0.1, -0.05) is 41.9 Å². The summed E-state index contributed by atoms with van der Waals surface area (Å²) in [5.41, 5.74) is 7.32. The number of aryl methyl sites for hydroxylation is 4. The van der Waals surface area contributed by atoms with Gasteiger partial charge in [-0.15, -0.1) is 11.8 Å². The van der Waals surface area contributed by atoms with Crippen LogP contribution in [-0.2, 0) is 39.4 Å². The Bertz CT molecular complexity index is 2130. The molecule has 3 aromatic heterocycles. The van der Waals surface area contributed by atoms with Crippen LogP contribution in [0.4, 0.5) is 0 Å². The van der Waals surface area contributed by atoms with Crippen molar-refractivity contribution in [2.75, 3.05) is 13.7 Å². The number of aromatic carboxylic acids is 1. The molecule has 9 nitrogen and oxygen atoms in total. The van der Waals surface area contributed by atoms with E-state index >= 15 is 0 Å². The number of ether oxygens (including phenoxy) is 1. The van der Waals surface area contributed by atoms with Crippen LogP contribution in [0.1, 0.15) is 45.2 Å². The van der Waals surface area contributed by atoms with Crippen molar-refractivity contribution >= 4 is 51.0 Å². The summed E-state index contributed by atoms with van der Waals surface area (Å²) in [4.78, 5) is 16.0. The molecule has 2 N–H and O–H groups in total. The Morgan fingerprint density at radius 1 is 1.04 bits per heavy atom. The highest BCUT2D eigenvalue weighted by Gasteiger charge is 2.27. The number of benzene rings is 3.